The van der Waals surface area contributed by atoms with E-state index in [1.165, 1.54) is 11.1 Å². The summed E-state index contributed by atoms with van der Waals surface area (Å²) in [5.74, 6) is 0. The lowest BCUT2D eigenvalue weighted by Crippen LogP contribution is -2.30. The van der Waals surface area contributed by atoms with Gasteiger partial charge in [0.2, 0.25) is 0 Å². The van der Waals surface area contributed by atoms with E-state index in [1.807, 2.05) is 30.3 Å². The summed E-state index contributed by atoms with van der Waals surface area (Å²) in [6.45, 7) is 1.46. The predicted molar refractivity (Wildman–Crippen MR) is 94.5 cm³/mol. The number of ether oxygens (including phenoxy) is 1. The maximum absolute atomic E-state index is 11.4. The summed E-state index contributed by atoms with van der Waals surface area (Å²) in [5.41, 5.74) is 3.64. The number of hydrogen-bond donors (Lipinski definition) is 0. The maximum Gasteiger partial charge on any atom is 0.168 e. The Hall–Kier alpha value is -1.49. The fraction of sp³-hybridized carbons (Fsp3) is 0.316. The molecule has 3 nitrogen and oxygen atoms in total. The van der Waals surface area contributed by atoms with Crippen molar-refractivity contribution < 1.29 is 9.53 Å². The highest BCUT2D eigenvalue weighted by molar-refractivity contribution is 9.09. The highest BCUT2D eigenvalue weighted by Crippen LogP contribution is 2.29. The SMILES string of the molecule is O=CC1O[C@H](c2ccccc2)CN1Cc1ccc(CCBr)cc1. The van der Waals surface area contributed by atoms with E-state index in [0.29, 0.717) is 0 Å². The summed E-state index contributed by atoms with van der Waals surface area (Å²) >= 11 is 3.46. The number of carbonyl (C=O) groups excluding carboxylic acids is 1. The number of nitrogens with zero attached hydrogens (tertiary/aromatic N) is 1. The molecule has 1 heterocycles. The average Bonchev–Trinajstić information content (AvgIpc) is 3.01. The van der Waals surface area contributed by atoms with Crippen LogP contribution in [0.1, 0.15) is 22.8 Å². The molecule has 0 amide bonds. The minimum absolute atomic E-state index is 0.0425. The molecule has 2 atom stereocenters. The molecular weight excluding hydrogens is 354 g/mol. The second kappa shape index (κ2) is 7.86. The van der Waals surface area contributed by atoms with Gasteiger partial charge in [0.05, 0.1) is 6.10 Å². The Bertz CT molecular complexity index is 630. The zero-order valence-electron chi connectivity index (χ0n) is 12.9. The zero-order chi connectivity index (χ0) is 16.1. The van der Waals surface area contributed by atoms with Gasteiger partial charge in [-0.15, -0.1) is 0 Å². The second-order valence-corrected chi connectivity index (χ2v) is 6.54. The van der Waals surface area contributed by atoms with Gasteiger partial charge in [-0.05, 0) is 23.1 Å². The van der Waals surface area contributed by atoms with Gasteiger partial charge in [-0.3, -0.25) is 9.69 Å². The Kier molecular flexibility index (Phi) is 5.60. The van der Waals surface area contributed by atoms with Crippen LogP contribution in [0.25, 0.3) is 0 Å². The number of hydrogen-bond acceptors (Lipinski definition) is 3. The van der Waals surface area contributed by atoms with Crippen molar-refractivity contribution in [3.05, 3.63) is 71.3 Å². The van der Waals surface area contributed by atoms with E-state index >= 15 is 0 Å². The van der Waals surface area contributed by atoms with Crippen molar-refractivity contribution in [1.29, 1.82) is 0 Å². The Morgan fingerprint density at radius 3 is 2.43 bits per heavy atom. The zero-order valence-corrected chi connectivity index (χ0v) is 14.5. The predicted octanol–water partition coefficient (Wildman–Crippen LogP) is 3.72. The molecule has 1 aliphatic heterocycles. The van der Waals surface area contributed by atoms with E-state index in [9.17, 15) is 4.79 Å². The first kappa shape index (κ1) is 16.4. The first-order chi connectivity index (χ1) is 11.3. The van der Waals surface area contributed by atoms with Crippen molar-refractivity contribution in [2.45, 2.75) is 25.3 Å². The van der Waals surface area contributed by atoms with Gasteiger partial charge < -0.3 is 4.74 Å². The third-order valence-corrected chi connectivity index (χ3v) is 4.54. The van der Waals surface area contributed by atoms with Crippen LogP contribution in [-0.2, 0) is 22.5 Å². The molecule has 120 valence electrons. The van der Waals surface area contributed by atoms with Crippen LogP contribution in [0.4, 0.5) is 0 Å². The van der Waals surface area contributed by atoms with E-state index in [0.717, 1.165) is 36.7 Å². The van der Waals surface area contributed by atoms with Crippen LogP contribution in [-0.4, -0.2) is 29.3 Å². The first-order valence-electron chi connectivity index (χ1n) is 7.83. The molecule has 2 aromatic carbocycles. The molecule has 0 N–H and O–H groups in total. The molecule has 1 saturated heterocycles. The minimum Gasteiger partial charge on any atom is -0.347 e. The lowest BCUT2D eigenvalue weighted by Gasteiger charge is -2.18. The van der Waals surface area contributed by atoms with Crippen molar-refractivity contribution in [1.82, 2.24) is 4.90 Å². The standard InChI is InChI=1S/C19H20BrNO2/c20-11-10-15-6-8-16(9-7-15)12-21-13-18(23-19(21)14-22)17-4-2-1-3-5-17/h1-9,14,18-19H,10-13H2/t18-,19?/m0/s1. The first-order valence-corrected chi connectivity index (χ1v) is 8.96. The van der Waals surface area contributed by atoms with Crippen molar-refractivity contribution in [2.75, 3.05) is 11.9 Å². The smallest absolute Gasteiger partial charge is 0.168 e. The number of alkyl halides is 1. The average molecular weight is 374 g/mol. The molecule has 3 rings (SSSR count). The quantitative estimate of drug-likeness (QED) is 0.570. The Labute approximate surface area is 145 Å². The largest absolute Gasteiger partial charge is 0.347 e. The second-order valence-electron chi connectivity index (χ2n) is 5.75. The summed E-state index contributed by atoms with van der Waals surface area (Å²) < 4.78 is 5.90. The van der Waals surface area contributed by atoms with Gasteiger partial charge in [-0.2, -0.15) is 0 Å². The van der Waals surface area contributed by atoms with Gasteiger partial charge >= 0.3 is 0 Å². The summed E-state index contributed by atoms with van der Waals surface area (Å²) in [6, 6.07) is 18.7. The van der Waals surface area contributed by atoms with Crippen molar-refractivity contribution in [3.63, 3.8) is 0 Å². The number of aldehydes is 1. The van der Waals surface area contributed by atoms with E-state index in [2.05, 4.69) is 45.1 Å². The Morgan fingerprint density at radius 1 is 1.09 bits per heavy atom. The highest BCUT2D eigenvalue weighted by atomic mass is 79.9. The molecule has 1 aliphatic rings. The maximum atomic E-state index is 11.4. The summed E-state index contributed by atoms with van der Waals surface area (Å²) in [4.78, 5) is 13.4. The fourth-order valence-corrected chi connectivity index (χ4v) is 3.35. The molecule has 0 saturated carbocycles. The van der Waals surface area contributed by atoms with Gasteiger partial charge in [0.15, 0.2) is 12.5 Å². The topological polar surface area (TPSA) is 29.5 Å². The fourth-order valence-electron chi connectivity index (χ4n) is 2.89. The van der Waals surface area contributed by atoms with Crippen LogP contribution in [0.3, 0.4) is 0 Å². The summed E-state index contributed by atoms with van der Waals surface area (Å²) in [7, 11) is 0. The molecule has 0 aliphatic carbocycles. The third-order valence-electron chi connectivity index (χ3n) is 4.14. The number of aryl methyl sites for hydroxylation is 1. The van der Waals surface area contributed by atoms with Crippen molar-refractivity contribution in [3.8, 4) is 0 Å². The van der Waals surface area contributed by atoms with Gasteiger partial charge in [0.1, 0.15) is 0 Å². The number of benzene rings is 2. The van der Waals surface area contributed by atoms with E-state index in [4.69, 9.17) is 4.74 Å². The van der Waals surface area contributed by atoms with Gasteiger partial charge in [0, 0.05) is 18.4 Å². The van der Waals surface area contributed by atoms with Crippen LogP contribution >= 0.6 is 15.9 Å². The molecule has 23 heavy (non-hydrogen) atoms. The molecule has 4 heteroatoms. The van der Waals surface area contributed by atoms with E-state index in [-0.39, 0.29) is 6.10 Å². The Morgan fingerprint density at radius 2 is 1.78 bits per heavy atom. The number of carbonyl (C=O) groups is 1. The van der Waals surface area contributed by atoms with Crippen LogP contribution in [0, 0.1) is 0 Å². The van der Waals surface area contributed by atoms with Gasteiger partial charge in [-0.25, -0.2) is 0 Å². The number of rotatable bonds is 6. The normalized spacial score (nSPS) is 21.4. The molecule has 0 aromatic heterocycles. The highest BCUT2D eigenvalue weighted by Gasteiger charge is 2.33. The molecular formula is C19H20BrNO2. The van der Waals surface area contributed by atoms with Crippen LogP contribution in [0.5, 0.6) is 0 Å². The van der Waals surface area contributed by atoms with E-state index < -0.39 is 6.23 Å². The molecule has 0 bridgehead atoms. The van der Waals surface area contributed by atoms with E-state index in [1.54, 1.807) is 0 Å². The lowest BCUT2D eigenvalue weighted by molar-refractivity contribution is -0.123. The monoisotopic (exact) mass is 373 g/mol. The van der Waals surface area contributed by atoms with Crippen LogP contribution in [0.2, 0.25) is 0 Å². The number of halogens is 1. The van der Waals surface area contributed by atoms with Crippen LogP contribution < -0.4 is 0 Å². The van der Waals surface area contributed by atoms with Gasteiger partial charge in [0.25, 0.3) is 0 Å². The molecule has 0 radical (unpaired) electrons. The molecule has 2 aromatic rings. The van der Waals surface area contributed by atoms with Crippen molar-refractivity contribution in [2.24, 2.45) is 0 Å². The van der Waals surface area contributed by atoms with Gasteiger partial charge in [-0.1, -0.05) is 70.5 Å². The lowest BCUT2D eigenvalue weighted by atomic mass is 10.1. The third kappa shape index (κ3) is 4.08. The van der Waals surface area contributed by atoms with Crippen molar-refractivity contribution >= 4 is 22.2 Å². The molecule has 0 spiro atoms. The Balaban J connectivity index is 1.68. The molecule has 1 fully saturated rings. The summed E-state index contributed by atoms with van der Waals surface area (Å²) in [5, 5.41) is 0.971. The minimum atomic E-state index is -0.470. The summed E-state index contributed by atoms with van der Waals surface area (Å²) in [6.07, 6.45) is 1.41. The molecule has 1 unspecified atom stereocenters. The van der Waals surface area contributed by atoms with Crippen LogP contribution in [0.15, 0.2) is 54.6 Å².